The highest BCUT2D eigenvalue weighted by molar-refractivity contribution is 8.93. The van der Waals surface area contributed by atoms with Gasteiger partial charge in [0.2, 0.25) is 0 Å². The lowest BCUT2D eigenvalue weighted by atomic mass is 10.1. The van der Waals surface area contributed by atoms with Crippen LogP contribution in [0.2, 0.25) is 0 Å². The van der Waals surface area contributed by atoms with E-state index in [1.807, 2.05) is 12.1 Å². The molecule has 0 unspecified atom stereocenters. The molecule has 0 saturated carbocycles. The van der Waals surface area contributed by atoms with Crippen molar-refractivity contribution in [3.8, 4) is 5.75 Å². The van der Waals surface area contributed by atoms with Crippen molar-refractivity contribution in [2.45, 2.75) is 12.5 Å². The van der Waals surface area contributed by atoms with Crippen molar-refractivity contribution in [2.24, 2.45) is 11.5 Å². The van der Waals surface area contributed by atoms with E-state index in [4.69, 9.17) is 27.4 Å². The molecule has 1 atom stereocenters. The van der Waals surface area contributed by atoms with Gasteiger partial charge >= 0.3 is 5.97 Å². The van der Waals surface area contributed by atoms with Crippen molar-refractivity contribution in [1.29, 1.82) is 0 Å². The quantitative estimate of drug-likeness (QED) is 0.654. The minimum atomic E-state index is -1.05. The summed E-state index contributed by atoms with van der Waals surface area (Å²) in [7, 11) is 0. The molecule has 0 heterocycles. The topological polar surface area (TPSA) is 133 Å². The smallest absolute Gasteiger partial charge is 0.321 e. The molecule has 0 aliphatic carbocycles. The predicted octanol–water partition coefficient (Wildman–Crippen LogP) is 0.922. The van der Waals surface area contributed by atoms with Crippen molar-refractivity contribution in [2.75, 3.05) is 13.1 Å². The molecule has 6 nitrogen and oxygen atoms in total. The Morgan fingerprint density at radius 3 is 2.11 bits per heavy atom. The van der Waals surface area contributed by atoms with Gasteiger partial charge in [-0.05, 0) is 24.1 Å². The van der Waals surface area contributed by atoms with E-state index in [-0.39, 0.29) is 29.3 Å². The van der Waals surface area contributed by atoms with Gasteiger partial charge in [-0.15, -0.1) is 23.5 Å². The lowest BCUT2D eigenvalue weighted by Gasteiger charge is -2.00. The highest BCUT2D eigenvalue weighted by atomic mass is 79.9. The predicted molar refractivity (Wildman–Crippen MR) is 76.0 cm³/mol. The number of hydrogen-bond donors (Lipinski definition) is 4. The number of hydrogen-bond acceptors (Lipinski definition) is 4. The molecule has 0 saturated heterocycles. The molecule has 0 aliphatic heterocycles. The average molecular weight is 321 g/mol. The van der Waals surface area contributed by atoms with Gasteiger partial charge in [0.1, 0.15) is 11.8 Å². The van der Waals surface area contributed by atoms with Crippen LogP contribution in [0.1, 0.15) is 5.56 Å². The van der Waals surface area contributed by atoms with Crippen LogP contribution in [0, 0.1) is 0 Å². The average Bonchev–Trinajstić information content (AvgIpc) is 2.32. The van der Waals surface area contributed by atoms with Crippen LogP contribution >= 0.6 is 17.0 Å². The maximum absolute atomic E-state index is 9.73. The molecule has 104 valence electrons. The van der Waals surface area contributed by atoms with Gasteiger partial charge in [0.25, 0.3) is 0 Å². The second kappa shape index (κ2) is 11.0. The van der Waals surface area contributed by atoms with E-state index < -0.39 is 12.0 Å². The lowest BCUT2D eigenvalue weighted by molar-refractivity contribution is -0.138. The number of benzene rings is 1. The fraction of sp³-hybridized carbons (Fsp3) is 0.364. The van der Waals surface area contributed by atoms with Crippen LogP contribution in [-0.2, 0) is 11.2 Å². The lowest BCUT2D eigenvalue weighted by Crippen LogP contribution is -2.37. The molecule has 1 aromatic rings. The van der Waals surface area contributed by atoms with E-state index in [0.29, 0.717) is 6.54 Å². The van der Waals surface area contributed by atoms with E-state index in [1.165, 1.54) is 0 Å². The number of phenols is 1. The maximum Gasteiger partial charge on any atom is 0.321 e. The number of carboxylic acid groups (broad SMARTS) is 1. The van der Waals surface area contributed by atoms with Gasteiger partial charge in [-0.3, -0.25) is 4.79 Å². The van der Waals surface area contributed by atoms with Gasteiger partial charge in [0, 0.05) is 6.54 Å². The summed E-state index contributed by atoms with van der Waals surface area (Å²) < 4.78 is 0. The van der Waals surface area contributed by atoms with E-state index in [9.17, 15) is 4.79 Å². The zero-order valence-corrected chi connectivity index (χ0v) is 11.6. The Morgan fingerprint density at radius 1 is 1.33 bits per heavy atom. The highest BCUT2D eigenvalue weighted by Crippen LogP contribution is 2.09. The minimum absolute atomic E-state index is 0. The first-order valence-corrected chi connectivity index (χ1v) is 5.12. The first-order valence-electron chi connectivity index (χ1n) is 5.12. The Kier molecular flexibility index (Phi) is 11.7. The molecule has 0 radical (unpaired) electrons. The second-order valence-electron chi connectivity index (χ2n) is 3.35. The Hall–Kier alpha value is -1.15. The molecule has 1 aromatic carbocycles. The van der Waals surface area contributed by atoms with Gasteiger partial charge in [-0.25, -0.2) is 0 Å². The van der Waals surface area contributed by atoms with Crippen LogP contribution in [0.5, 0.6) is 5.75 Å². The Bertz CT molecular complexity index is 333. The van der Waals surface area contributed by atoms with Crippen LogP contribution in [0.4, 0.5) is 0 Å². The molecular weight excluding hydrogens is 302 g/mol. The summed E-state index contributed by atoms with van der Waals surface area (Å²) in [5.41, 5.74) is 17.8. The number of nitrogens with two attached hydrogens (primary N) is 2. The number of aromatic hydroxyl groups is 1. The molecule has 0 fully saturated rings. The number of carbonyl (C=O) groups is 1. The fourth-order valence-corrected chi connectivity index (χ4v) is 0.908. The number of carboxylic acids is 1. The van der Waals surface area contributed by atoms with Crippen LogP contribution in [-0.4, -0.2) is 35.3 Å². The molecule has 7 N–H and O–H groups in total. The van der Waals surface area contributed by atoms with Crippen LogP contribution in [0.3, 0.4) is 0 Å². The van der Waals surface area contributed by atoms with E-state index in [1.54, 1.807) is 12.1 Å². The summed E-state index contributed by atoms with van der Waals surface area (Å²) in [5.74, 6) is -0.767. The monoisotopic (exact) mass is 320 g/mol. The molecular formula is C11H19BrN3O3-. The SMILES string of the molecule is Br.NC[C@H](N)C(=O)O.[NH-]CCc1ccc(O)cc1. The Balaban J connectivity index is 0. The first-order chi connectivity index (χ1) is 8.01. The maximum atomic E-state index is 9.73. The van der Waals surface area contributed by atoms with Gasteiger partial charge in [0.05, 0.1) is 0 Å². The minimum Gasteiger partial charge on any atom is -0.677 e. The first kappa shape index (κ1) is 19.2. The van der Waals surface area contributed by atoms with Crippen molar-refractivity contribution in [3.63, 3.8) is 0 Å². The summed E-state index contributed by atoms with van der Waals surface area (Å²) in [4.78, 5) is 9.73. The number of nitrogens with one attached hydrogen (secondary N) is 1. The zero-order valence-electron chi connectivity index (χ0n) is 9.87. The normalized spacial score (nSPS) is 10.6. The Labute approximate surface area is 117 Å². The summed E-state index contributed by atoms with van der Waals surface area (Å²) in [6.07, 6.45) is 0.764. The highest BCUT2D eigenvalue weighted by Gasteiger charge is 2.05. The summed E-state index contributed by atoms with van der Waals surface area (Å²) in [5, 5.41) is 16.9. The van der Waals surface area contributed by atoms with Crippen LogP contribution in [0.25, 0.3) is 5.73 Å². The molecule has 0 aliphatic rings. The summed E-state index contributed by atoms with van der Waals surface area (Å²) in [6.45, 7) is 0.403. The number of halogens is 1. The summed E-state index contributed by atoms with van der Waals surface area (Å²) >= 11 is 0. The van der Waals surface area contributed by atoms with Gasteiger partial charge in [-0.2, -0.15) is 0 Å². The molecule has 0 spiro atoms. The van der Waals surface area contributed by atoms with Gasteiger partial charge in [-0.1, -0.05) is 12.1 Å². The third-order valence-corrected chi connectivity index (χ3v) is 1.92. The van der Waals surface area contributed by atoms with E-state index in [0.717, 1.165) is 12.0 Å². The summed E-state index contributed by atoms with van der Waals surface area (Å²) in [6, 6.07) is 6.06. The van der Waals surface area contributed by atoms with Crippen molar-refractivity contribution < 1.29 is 15.0 Å². The van der Waals surface area contributed by atoms with Crippen LogP contribution < -0.4 is 11.5 Å². The van der Waals surface area contributed by atoms with Crippen molar-refractivity contribution in [3.05, 3.63) is 35.6 Å². The molecule has 0 aromatic heterocycles. The molecule has 7 heteroatoms. The van der Waals surface area contributed by atoms with Crippen molar-refractivity contribution in [1.82, 2.24) is 0 Å². The Morgan fingerprint density at radius 2 is 1.83 bits per heavy atom. The third kappa shape index (κ3) is 8.94. The van der Waals surface area contributed by atoms with Crippen molar-refractivity contribution >= 4 is 23.0 Å². The molecule has 0 bridgehead atoms. The fourth-order valence-electron chi connectivity index (χ4n) is 0.908. The van der Waals surface area contributed by atoms with Crippen LogP contribution in [0.15, 0.2) is 24.3 Å². The molecule has 1 rings (SSSR count). The van der Waals surface area contributed by atoms with Gasteiger partial charge < -0.3 is 27.4 Å². The van der Waals surface area contributed by atoms with E-state index in [2.05, 4.69) is 0 Å². The largest absolute Gasteiger partial charge is 0.677 e. The van der Waals surface area contributed by atoms with Gasteiger partial charge in [0.15, 0.2) is 0 Å². The van der Waals surface area contributed by atoms with E-state index >= 15 is 0 Å². The zero-order chi connectivity index (χ0) is 13.3. The number of phenolic OH excluding ortho intramolecular Hbond substituents is 1. The molecule has 18 heavy (non-hydrogen) atoms. The second-order valence-corrected chi connectivity index (χ2v) is 3.35. The number of rotatable bonds is 4. The standard InChI is InChI=1S/C8H10NO.C3H8N2O2.BrH/c9-6-5-7-1-3-8(10)4-2-7;4-1-2(5)3(6)7;/h1-4,9-10H,5-6H2;2H,1,4-5H2,(H,6,7);1H/q-1;;/t;2-;/m.0./s1. The number of aliphatic carboxylic acids is 1. The third-order valence-electron chi connectivity index (χ3n) is 1.92. The molecule has 0 amide bonds.